The Morgan fingerprint density at radius 2 is 1.65 bits per heavy atom. The van der Waals surface area contributed by atoms with Gasteiger partial charge in [-0.25, -0.2) is 4.79 Å². The lowest BCUT2D eigenvalue weighted by Crippen LogP contribution is -2.29. The molecule has 1 aliphatic heterocycles. The molecule has 3 aromatic carbocycles. The molecule has 0 aliphatic carbocycles. The molecule has 0 aromatic heterocycles. The minimum atomic E-state index is -0.801. The summed E-state index contributed by atoms with van der Waals surface area (Å²) in [6, 6.07) is 18.8. The van der Waals surface area contributed by atoms with Crippen LogP contribution in [-0.4, -0.2) is 41.4 Å². The second-order valence-corrected chi connectivity index (χ2v) is 10.9. The number of hydrogen-bond acceptors (Lipinski definition) is 6. The van der Waals surface area contributed by atoms with Crippen LogP contribution in [0.2, 0.25) is 0 Å². The number of benzene rings is 3. The third kappa shape index (κ3) is 5.64. The highest BCUT2D eigenvalue weighted by atomic mass is 16.5. The zero-order valence-electron chi connectivity index (χ0n) is 23.8. The molecule has 1 saturated heterocycles. The number of carbonyl (C=O) groups is 3. The first kappa shape index (κ1) is 28.6. The number of likely N-dealkylation sites (tertiary alicyclic amines) is 1. The van der Waals surface area contributed by atoms with Crippen LogP contribution in [0.25, 0.3) is 5.76 Å². The second kappa shape index (κ2) is 11.4. The van der Waals surface area contributed by atoms with Gasteiger partial charge >= 0.3 is 5.97 Å². The molecule has 1 aliphatic rings. The zero-order valence-corrected chi connectivity index (χ0v) is 23.8. The fraction of sp³-hybridized carbons (Fsp3) is 0.303. The Kier molecular flexibility index (Phi) is 8.14. The first-order valence-corrected chi connectivity index (χ1v) is 13.3. The van der Waals surface area contributed by atoms with Crippen molar-refractivity contribution in [2.75, 3.05) is 13.7 Å². The number of methoxy groups -OCH3 is 1. The summed E-state index contributed by atoms with van der Waals surface area (Å²) in [5, 5.41) is 11.6. The lowest BCUT2D eigenvalue weighted by molar-refractivity contribution is -0.140. The van der Waals surface area contributed by atoms with Gasteiger partial charge in [-0.15, -0.1) is 0 Å². The van der Waals surface area contributed by atoms with E-state index in [9.17, 15) is 19.5 Å². The molecule has 0 saturated carbocycles. The first-order chi connectivity index (χ1) is 19.0. The number of amides is 1. The van der Waals surface area contributed by atoms with E-state index in [0.717, 1.165) is 16.7 Å². The standard InChI is InChI=1S/C33H35NO6/c1-7-40-32(38)22-13-11-21(12-14-22)19-34-28(23-10-8-9-20(2)17-23)27(30(36)31(34)37)29(35)24-15-16-26(39-6)25(18-24)33(3,4)5/h8-18,28,35H,7,19H2,1-6H3/b29-27-. The van der Waals surface area contributed by atoms with Crippen molar-refractivity contribution in [3.05, 3.63) is 106 Å². The molecule has 208 valence electrons. The van der Waals surface area contributed by atoms with Gasteiger partial charge in [-0.05, 0) is 60.7 Å². The lowest BCUT2D eigenvalue weighted by Gasteiger charge is -2.26. The Labute approximate surface area is 235 Å². The maximum absolute atomic E-state index is 13.5. The molecule has 1 unspecified atom stereocenters. The molecule has 1 amide bonds. The topological polar surface area (TPSA) is 93.1 Å². The normalized spacial score (nSPS) is 16.8. The van der Waals surface area contributed by atoms with Crippen LogP contribution in [0.3, 0.4) is 0 Å². The summed E-state index contributed by atoms with van der Waals surface area (Å²) < 4.78 is 10.6. The van der Waals surface area contributed by atoms with Crippen LogP contribution in [0.5, 0.6) is 5.75 Å². The lowest BCUT2D eigenvalue weighted by atomic mass is 9.84. The molecule has 0 spiro atoms. The van der Waals surface area contributed by atoms with Crippen LogP contribution in [0.4, 0.5) is 0 Å². The monoisotopic (exact) mass is 541 g/mol. The molecule has 7 heteroatoms. The zero-order chi connectivity index (χ0) is 29.2. The van der Waals surface area contributed by atoms with Crippen molar-refractivity contribution < 1.29 is 29.0 Å². The number of Topliss-reactive ketones (excluding diaryl/α,β-unsaturated/α-hetero) is 1. The SMILES string of the molecule is CCOC(=O)c1ccc(CN2C(=O)C(=O)/C(=C(\O)c3ccc(OC)c(C(C)(C)C)c3)C2c2cccc(C)c2)cc1. The molecule has 0 radical (unpaired) electrons. The highest BCUT2D eigenvalue weighted by molar-refractivity contribution is 6.46. The average Bonchev–Trinajstić information content (AvgIpc) is 3.17. The van der Waals surface area contributed by atoms with E-state index in [2.05, 4.69) is 0 Å². The van der Waals surface area contributed by atoms with Crippen molar-refractivity contribution in [1.29, 1.82) is 0 Å². The molecule has 1 N–H and O–H groups in total. The van der Waals surface area contributed by atoms with Crippen LogP contribution in [0.15, 0.2) is 72.3 Å². The van der Waals surface area contributed by atoms with E-state index in [4.69, 9.17) is 9.47 Å². The molecule has 1 atom stereocenters. The average molecular weight is 542 g/mol. The molecule has 3 aromatic rings. The number of nitrogens with zero attached hydrogens (tertiary/aromatic N) is 1. The smallest absolute Gasteiger partial charge is 0.338 e. The predicted octanol–water partition coefficient (Wildman–Crippen LogP) is 6.10. The van der Waals surface area contributed by atoms with E-state index in [1.54, 1.807) is 50.4 Å². The number of esters is 1. The molecular formula is C33H35NO6. The Morgan fingerprint density at radius 1 is 0.975 bits per heavy atom. The van der Waals surface area contributed by atoms with Crippen LogP contribution in [0.1, 0.15) is 71.9 Å². The number of carbonyl (C=O) groups excluding carboxylic acids is 3. The Balaban J connectivity index is 1.82. The fourth-order valence-electron chi connectivity index (χ4n) is 4.98. The summed E-state index contributed by atoms with van der Waals surface area (Å²) in [6.07, 6.45) is 0. The first-order valence-electron chi connectivity index (χ1n) is 13.3. The maximum Gasteiger partial charge on any atom is 0.338 e. The number of ether oxygens (including phenoxy) is 2. The molecule has 1 fully saturated rings. The molecule has 7 nitrogen and oxygen atoms in total. The Hall–Kier alpha value is -4.39. The number of hydrogen-bond donors (Lipinski definition) is 1. The van der Waals surface area contributed by atoms with Gasteiger partial charge in [0.15, 0.2) is 0 Å². The van der Waals surface area contributed by atoms with E-state index >= 15 is 0 Å². The van der Waals surface area contributed by atoms with Crippen molar-refractivity contribution in [3.63, 3.8) is 0 Å². The Bertz CT molecular complexity index is 1480. The molecule has 4 rings (SSSR count). The minimum absolute atomic E-state index is 0.0313. The van der Waals surface area contributed by atoms with E-state index in [1.807, 2.05) is 58.0 Å². The van der Waals surface area contributed by atoms with Gasteiger partial charge in [0.25, 0.3) is 11.7 Å². The highest BCUT2D eigenvalue weighted by Crippen LogP contribution is 2.42. The third-order valence-electron chi connectivity index (χ3n) is 7.00. The summed E-state index contributed by atoms with van der Waals surface area (Å²) >= 11 is 0. The van der Waals surface area contributed by atoms with Crippen LogP contribution >= 0.6 is 0 Å². The summed E-state index contributed by atoms with van der Waals surface area (Å²) in [5.41, 5.74) is 3.84. The molecule has 40 heavy (non-hydrogen) atoms. The van der Waals surface area contributed by atoms with E-state index in [1.165, 1.54) is 4.90 Å². The largest absolute Gasteiger partial charge is 0.507 e. The van der Waals surface area contributed by atoms with Crippen LogP contribution in [-0.2, 0) is 26.3 Å². The quantitative estimate of drug-likeness (QED) is 0.168. The van der Waals surface area contributed by atoms with Crippen molar-refractivity contribution in [2.45, 2.75) is 52.6 Å². The van der Waals surface area contributed by atoms with Gasteiger partial charge in [0.1, 0.15) is 11.5 Å². The minimum Gasteiger partial charge on any atom is -0.507 e. The highest BCUT2D eigenvalue weighted by Gasteiger charge is 2.46. The molecular weight excluding hydrogens is 506 g/mol. The van der Waals surface area contributed by atoms with Crippen LogP contribution < -0.4 is 4.74 Å². The number of aliphatic hydroxyl groups excluding tert-OH is 1. The van der Waals surface area contributed by atoms with Crippen molar-refractivity contribution >= 4 is 23.4 Å². The van der Waals surface area contributed by atoms with Gasteiger partial charge in [-0.3, -0.25) is 9.59 Å². The van der Waals surface area contributed by atoms with Gasteiger partial charge in [0, 0.05) is 17.7 Å². The van der Waals surface area contributed by atoms with E-state index in [-0.39, 0.29) is 29.9 Å². The summed E-state index contributed by atoms with van der Waals surface area (Å²) in [6.45, 7) is 10.2. The fourth-order valence-corrected chi connectivity index (χ4v) is 4.98. The number of rotatable bonds is 7. The number of aryl methyl sites for hydroxylation is 1. The summed E-state index contributed by atoms with van der Waals surface area (Å²) in [5.74, 6) is -1.44. The van der Waals surface area contributed by atoms with Gasteiger partial charge in [-0.2, -0.15) is 0 Å². The molecule has 1 heterocycles. The third-order valence-corrected chi connectivity index (χ3v) is 7.00. The van der Waals surface area contributed by atoms with Gasteiger partial charge < -0.3 is 19.5 Å². The predicted molar refractivity (Wildman–Crippen MR) is 153 cm³/mol. The van der Waals surface area contributed by atoms with Gasteiger partial charge in [0.05, 0.1) is 30.9 Å². The van der Waals surface area contributed by atoms with E-state index < -0.39 is 23.7 Å². The van der Waals surface area contributed by atoms with E-state index in [0.29, 0.717) is 22.4 Å². The van der Waals surface area contributed by atoms with Crippen LogP contribution in [0, 0.1) is 6.92 Å². The summed E-state index contributed by atoms with van der Waals surface area (Å²) in [4.78, 5) is 40.5. The maximum atomic E-state index is 13.5. The second-order valence-electron chi connectivity index (χ2n) is 10.9. The Morgan fingerprint density at radius 3 is 2.25 bits per heavy atom. The van der Waals surface area contributed by atoms with Gasteiger partial charge in [-0.1, -0.05) is 62.7 Å². The van der Waals surface area contributed by atoms with Crippen molar-refractivity contribution in [2.24, 2.45) is 0 Å². The van der Waals surface area contributed by atoms with Crippen molar-refractivity contribution in [1.82, 2.24) is 4.90 Å². The molecule has 0 bridgehead atoms. The number of ketones is 1. The van der Waals surface area contributed by atoms with Gasteiger partial charge in [0.2, 0.25) is 0 Å². The van der Waals surface area contributed by atoms with Crippen molar-refractivity contribution in [3.8, 4) is 5.75 Å². The summed E-state index contributed by atoms with van der Waals surface area (Å²) in [7, 11) is 1.59. The number of aliphatic hydroxyl groups is 1.